The second kappa shape index (κ2) is 8.79. The molecule has 0 saturated carbocycles. The Morgan fingerprint density at radius 2 is 1.18 bits per heavy atom. The standard InChI is InChI=1S/C20H22O2/c1-21-19-13-7-11-17(15-19)9-5-3-4-6-10-18-12-8-14-20(16-18)22-2/h7-8,11-16H,5-6,9-10H2,1-2H3. The van der Waals surface area contributed by atoms with Crippen LogP contribution in [0.15, 0.2) is 48.5 Å². The smallest absolute Gasteiger partial charge is 0.119 e. The zero-order valence-electron chi connectivity index (χ0n) is 13.3. The topological polar surface area (TPSA) is 18.5 Å². The highest BCUT2D eigenvalue weighted by atomic mass is 16.5. The second-order valence-corrected chi connectivity index (χ2v) is 5.06. The molecular weight excluding hydrogens is 272 g/mol. The monoisotopic (exact) mass is 294 g/mol. The number of ether oxygens (including phenoxy) is 2. The van der Waals surface area contributed by atoms with Crippen LogP contribution in [0.1, 0.15) is 24.0 Å². The summed E-state index contributed by atoms with van der Waals surface area (Å²) in [7, 11) is 3.38. The molecule has 0 aliphatic heterocycles. The van der Waals surface area contributed by atoms with E-state index in [1.54, 1.807) is 14.2 Å². The van der Waals surface area contributed by atoms with Crippen molar-refractivity contribution in [3.63, 3.8) is 0 Å². The molecular formula is C20H22O2. The van der Waals surface area contributed by atoms with Gasteiger partial charge in [0.05, 0.1) is 14.2 Å². The van der Waals surface area contributed by atoms with Gasteiger partial charge < -0.3 is 9.47 Å². The molecule has 0 spiro atoms. The molecule has 0 atom stereocenters. The van der Waals surface area contributed by atoms with Crippen LogP contribution < -0.4 is 9.47 Å². The molecule has 0 aromatic heterocycles. The molecule has 0 amide bonds. The third kappa shape index (κ3) is 5.18. The van der Waals surface area contributed by atoms with Gasteiger partial charge in [-0.2, -0.15) is 0 Å². The fraction of sp³-hybridized carbons (Fsp3) is 0.300. The molecule has 0 unspecified atom stereocenters. The summed E-state index contributed by atoms with van der Waals surface area (Å²) in [6.07, 6.45) is 3.68. The zero-order valence-corrected chi connectivity index (χ0v) is 13.3. The summed E-state index contributed by atoms with van der Waals surface area (Å²) in [4.78, 5) is 0. The Bertz CT molecular complexity index is 594. The first-order valence-corrected chi connectivity index (χ1v) is 7.53. The van der Waals surface area contributed by atoms with Gasteiger partial charge in [0.1, 0.15) is 11.5 Å². The van der Waals surface area contributed by atoms with Gasteiger partial charge in [-0.25, -0.2) is 0 Å². The molecule has 2 rings (SSSR count). The first-order chi connectivity index (χ1) is 10.8. The molecule has 22 heavy (non-hydrogen) atoms. The number of methoxy groups -OCH3 is 2. The van der Waals surface area contributed by atoms with Crippen molar-refractivity contribution in [1.82, 2.24) is 0 Å². The first-order valence-electron chi connectivity index (χ1n) is 7.53. The molecule has 0 aliphatic rings. The van der Waals surface area contributed by atoms with Gasteiger partial charge in [0, 0.05) is 12.8 Å². The predicted octanol–water partition coefficient (Wildman–Crippen LogP) is 4.27. The molecule has 0 N–H and O–H groups in total. The van der Waals surface area contributed by atoms with Gasteiger partial charge in [0.25, 0.3) is 0 Å². The van der Waals surface area contributed by atoms with E-state index in [9.17, 15) is 0 Å². The van der Waals surface area contributed by atoms with Crippen molar-refractivity contribution in [3.8, 4) is 23.3 Å². The fourth-order valence-electron chi connectivity index (χ4n) is 2.25. The fourth-order valence-corrected chi connectivity index (χ4v) is 2.25. The third-order valence-corrected chi connectivity index (χ3v) is 3.47. The minimum absolute atomic E-state index is 0.880. The highest BCUT2D eigenvalue weighted by Gasteiger charge is 1.95. The lowest BCUT2D eigenvalue weighted by atomic mass is 10.1. The van der Waals surface area contributed by atoms with E-state index in [1.807, 2.05) is 24.3 Å². The summed E-state index contributed by atoms with van der Waals surface area (Å²) >= 11 is 0. The van der Waals surface area contributed by atoms with Crippen LogP contribution in [-0.4, -0.2) is 14.2 Å². The summed E-state index contributed by atoms with van der Waals surface area (Å²) < 4.78 is 10.4. The zero-order chi connectivity index (χ0) is 15.6. The summed E-state index contributed by atoms with van der Waals surface area (Å²) in [6, 6.07) is 16.3. The van der Waals surface area contributed by atoms with Crippen molar-refractivity contribution in [2.75, 3.05) is 14.2 Å². The maximum atomic E-state index is 5.22. The van der Waals surface area contributed by atoms with Crippen molar-refractivity contribution in [2.24, 2.45) is 0 Å². The summed E-state index contributed by atoms with van der Waals surface area (Å²) in [5, 5.41) is 0. The highest BCUT2D eigenvalue weighted by molar-refractivity contribution is 5.30. The van der Waals surface area contributed by atoms with Gasteiger partial charge >= 0.3 is 0 Å². The van der Waals surface area contributed by atoms with Crippen LogP contribution in [0.2, 0.25) is 0 Å². The third-order valence-electron chi connectivity index (χ3n) is 3.47. The molecule has 0 fully saturated rings. The summed E-state index contributed by atoms with van der Waals surface area (Å²) in [5.74, 6) is 8.31. The Morgan fingerprint density at radius 1 is 0.727 bits per heavy atom. The van der Waals surface area contributed by atoms with E-state index in [4.69, 9.17) is 9.47 Å². The van der Waals surface area contributed by atoms with Crippen LogP contribution >= 0.6 is 0 Å². The Kier molecular flexibility index (Phi) is 6.39. The van der Waals surface area contributed by atoms with E-state index < -0.39 is 0 Å². The largest absolute Gasteiger partial charge is 0.497 e. The minimum Gasteiger partial charge on any atom is -0.497 e. The van der Waals surface area contributed by atoms with Crippen LogP contribution in [0, 0.1) is 11.8 Å². The minimum atomic E-state index is 0.880. The van der Waals surface area contributed by atoms with Crippen LogP contribution in [0.3, 0.4) is 0 Å². The van der Waals surface area contributed by atoms with Crippen LogP contribution in [-0.2, 0) is 12.8 Å². The van der Waals surface area contributed by atoms with Crippen LogP contribution in [0.5, 0.6) is 11.5 Å². The van der Waals surface area contributed by atoms with Crippen LogP contribution in [0.4, 0.5) is 0 Å². The number of hydrogen-bond acceptors (Lipinski definition) is 2. The molecule has 114 valence electrons. The Morgan fingerprint density at radius 3 is 1.59 bits per heavy atom. The molecule has 0 saturated heterocycles. The molecule has 0 heterocycles. The van der Waals surface area contributed by atoms with Crippen molar-refractivity contribution in [3.05, 3.63) is 59.7 Å². The Balaban J connectivity index is 1.75. The van der Waals surface area contributed by atoms with Gasteiger partial charge in [-0.1, -0.05) is 24.3 Å². The van der Waals surface area contributed by atoms with Gasteiger partial charge in [-0.15, -0.1) is 11.8 Å². The normalized spacial score (nSPS) is 9.73. The Hall–Kier alpha value is -2.40. The van der Waals surface area contributed by atoms with Crippen molar-refractivity contribution in [1.29, 1.82) is 0 Å². The molecule has 2 aromatic rings. The lowest BCUT2D eigenvalue weighted by Gasteiger charge is -2.02. The number of benzene rings is 2. The summed E-state index contributed by atoms with van der Waals surface area (Å²) in [6.45, 7) is 0. The maximum Gasteiger partial charge on any atom is 0.119 e. The number of rotatable bonds is 6. The molecule has 0 radical (unpaired) electrons. The van der Waals surface area contributed by atoms with Crippen molar-refractivity contribution in [2.45, 2.75) is 25.7 Å². The number of aryl methyl sites for hydroxylation is 2. The molecule has 0 bridgehead atoms. The molecule has 2 heteroatoms. The van der Waals surface area contributed by atoms with E-state index in [0.717, 1.165) is 37.2 Å². The van der Waals surface area contributed by atoms with E-state index in [2.05, 4.69) is 36.1 Å². The first kappa shape index (κ1) is 16.0. The van der Waals surface area contributed by atoms with Gasteiger partial charge in [-0.05, 0) is 48.2 Å². The Labute approximate surface area is 133 Å². The van der Waals surface area contributed by atoms with Gasteiger partial charge in [0.15, 0.2) is 0 Å². The lowest BCUT2D eigenvalue weighted by molar-refractivity contribution is 0.414. The van der Waals surface area contributed by atoms with E-state index in [-0.39, 0.29) is 0 Å². The predicted molar refractivity (Wildman–Crippen MR) is 90.4 cm³/mol. The number of hydrogen-bond donors (Lipinski definition) is 0. The molecule has 2 aromatic carbocycles. The van der Waals surface area contributed by atoms with Gasteiger partial charge in [0.2, 0.25) is 0 Å². The molecule has 0 aliphatic carbocycles. The quantitative estimate of drug-likeness (QED) is 0.741. The average molecular weight is 294 g/mol. The average Bonchev–Trinajstić information content (AvgIpc) is 2.58. The van der Waals surface area contributed by atoms with E-state index >= 15 is 0 Å². The van der Waals surface area contributed by atoms with Gasteiger partial charge in [-0.3, -0.25) is 0 Å². The molecule has 2 nitrogen and oxygen atoms in total. The van der Waals surface area contributed by atoms with Crippen LogP contribution in [0.25, 0.3) is 0 Å². The SMILES string of the molecule is COc1cccc(CCC#CCCc2cccc(OC)c2)c1. The maximum absolute atomic E-state index is 5.22. The van der Waals surface area contributed by atoms with E-state index in [1.165, 1.54) is 11.1 Å². The second-order valence-electron chi connectivity index (χ2n) is 5.06. The highest BCUT2D eigenvalue weighted by Crippen LogP contribution is 2.14. The van der Waals surface area contributed by atoms with E-state index in [0.29, 0.717) is 0 Å². The van der Waals surface area contributed by atoms with Crippen molar-refractivity contribution < 1.29 is 9.47 Å². The lowest BCUT2D eigenvalue weighted by Crippen LogP contribution is -1.88. The van der Waals surface area contributed by atoms with Crippen molar-refractivity contribution >= 4 is 0 Å². The summed E-state index contributed by atoms with van der Waals surface area (Å²) in [5.41, 5.74) is 2.53.